The maximum atomic E-state index is 12.6. The number of benzene rings is 1. The van der Waals surface area contributed by atoms with Crippen LogP contribution in [0.25, 0.3) is 0 Å². The van der Waals surface area contributed by atoms with E-state index in [0.717, 1.165) is 12.1 Å². The van der Waals surface area contributed by atoms with E-state index < -0.39 is 11.7 Å². The number of hydrogen-bond acceptors (Lipinski definition) is 3. The van der Waals surface area contributed by atoms with Crippen molar-refractivity contribution in [3.8, 4) is 0 Å². The van der Waals surface area contributed by atoms with Gasteiger partial charge in [-0.25, -0.2) is 0 Å². The van der Waals surface area contributed by atoms with Gasteiger partial charge >= 0.3 is 6.18 Å². The van der Waals surface area contributed by atoms with E-state index in [1.807, 2.05) is 0 Å². The molecule has 2 N–H and O–H groups in total. The summed E-state index contributed by atoms with van der Waals surface area (Å²) in [7, 11) is 1.57. The molecular weight excluding hydrogens is 424 g/mol. The van der Waals surface area contributed by atoms with Crippen LogP contribution in [0.4, 0.5) is 13.2 Å². The van der Waals surface area contributed by atoms with E-state index in [1.54, 1.807) is 19.2 Å². The van der Waals surface area contributed by atoms with Gasteiger partial charge in [0, 0.05) is 19.7 Å². The average Bonchev–Trinajstić information content (AvgIpc) is 3.00. The first-order valence-electron chi connectivity index (χ1n) is 6.49. The fourth-order valence-electron chi connectivity index (χ4n) is 1.77. The van der Waals surface area contributed by atoms with Crippen molar-refractivity contribution in [1.29, 1.82) is 0 Å². The summed E-state index contributed by atoms with van der Waals surface area (Å²) in [5.41, 5.74) is 0.540. The van der Waals surface area contributed by atoms with Crippen LogP contribution in [0.5, 0.6) is 0 Å². The summed E-state index contributed by atoms with van der Waals surface area (Å²) in [4.78, 5) is 3.99. The van der Waals surface area contributed by atoms with Gasteiger partial charge in [0.25, 0.3) is 0 Å². The Kier molecular flexibility index (Phi) is 7.33. The molecule has 0 saturated heterocycles. The normalized spacial score (nSPS) is 11.7. The minimum absolute atomic E-state index is 0. The third kappa shape index (κ3) is 6.08. The van der Waals surface area contributed by atoms with E-state index in [9.17, 15) is 13.2 Å². The van der Waals surface area contributed by atoms with Crippen molar-refractivity contribution in [1.82, 2.24) is 15.8 Å². The zero-order chi connectivity index (χ0) is 16.0. The molecule has 23 heavy (non-hydrogen) atoms. The minimum atomic E-state index is -4.34. The van der Waals surface area contributed by atoms with Gasteiger partial charge in [-0.15, -0.1) is 24.0 Å². The number of hydrogen-bond donors (Lipinski definition) is 2. The number of nitrogens with one attached hydrogen (secondary N) is 2. The summed E-state index contributed by atoms with van der Waals surface area (Å²) in [6.45, 7) is 0.626. The number of halogens is 4. The molecule has 5 nitrogen and oxygen atoms in total. The van der Waals surface area contributed by atoms with Crippen LogP contribution in [0.2, 0.25) is 0 Å². The molecule has 1 aromatic carbocycles. The van der Waals surface area contributed by atoms with Crippen LogP contribution < -0.4 is 10.6 Å². The third-order valence-electron chi connectivity index (χ3n) is 2.87. The Morgan fingerprint density at radius 2 is 1.96 bits per heavy atom. The second-order valence-corrected chi connectivity index (χ2v) is 4.47. The van der Waals surface area contributed by atoms with Gasteiger partial charge in [0.1, 0.15) is 12.0 Å². The first-order chi connectivity index (χ1) is 10.5. The number of nitrogens with zero attached hydrogens (tertiary/aromatic N) is 2. The lowest BCUT2D eigenvalue weighted by Gasteiger charge is -2.12. The topological polar surface area (TPSA) is 62.5 Å². The quantitative estimate of drug-likeness (QED) is 0.436. The van der Waals surface area contributed by atoms with Crippen LogP contribution >= 0.6 is 24.0 Å². The van der Waals surface area contributed by atoms with Crippen molar-refractivity contribution in [2.24, 2.45) is 4.99 Å². The highest BCUT2D eigenvalue weighted by Crippen LogP contribution is 2.29. The number of guanidine groups is 1. The maximum Gasteiger partial charge on any atom is 0.416 e. The molecule has 126 valence electrons. The zero-order valence-corrected chi connectivity index (χ0v) is 14.6. The maximum absolute atomic E-state index is 12.6. The Balaban J connectivity index is 0.00000264. The van der Waals surface area contributed by atoms with Gasteiger partial charge in [-0.2, -0.15) is 13.2 Å². The van der Waals surface area contributed by atoms with Crippen LogP contribution in [0.1, 0.15) is 16.8 Å². The predicted molar refractivity (Wildman–Crippen MR) is 90.4 cm³/mol. The monoisotopic (exact) mass is 440 g/mol. The first-order valence-corrected chi connectivity index (χ1v) is 6.49. The molecule has 0 unspecified atom stereocenters. The SMILES string of the molecule is CN=C(NCc1cccc(C(F)(F)F)c1)NCc1ccon1.I. The molecule has 0 aliphatic heterocycles. The smallest absolute Gasteiger partial charge is 0.364 e. The third-order valence-corrected chi connectivity index (χ3v) is 2.87. The molecule has 1 aromatic heterocycles. The molecule has 0 amide bonds. The summed E-state index contributed by atoms with van der Waals surface area (Å²) < 4.78 is 42.6. The standard InChI is InChI=1S/C14H15F3N4O.HI/c1-18-13(20-9-12-5-6-22-21-12)19-8-10-3-2-4-11(7-10)14(15,16)17;/h2-7H,8-9H2,1H3,(H2,18,19,20);1H. The highest BCUT2D eigenvalue weighted by molar-refractivity contribution is 14.0. The Bertz CT molecular complexity index is 629. The van der Waals surface area contributed by atoms with E-state index in [-0.39, 0.29) is 30.5 Å². The van der Waals surface area contributed by atoms with E-state index in [2.05, 4.69) is 20.8 Å². The highest BCUT2D eigenvalue weighted by atomic mass is 127. The van der Waals surface area contributed by atoms with Gasteiger partial charge in [-0.05, 0) is 17.7 Å². The lowest BCUT2D eigenvalue weighted by molar-refractivity contribution is -0.137. The van der Waals surface area contributed by atoms with Crippen molar-refractivity contribution in [3.63, 3.8) is 0 Å². The van der Waals surface area contributed by atoms with Crippen LogP contribution in [0.3, 0.4) is 0 Å². The molecule has 0 bridgehead atoms. The van der Waals surface area contributed by atoms with Gasteiger partial charge in [-0.1, -0.05) is 17.3 Å². The van der Waals surface area contributed by atoms with Crippen LogP contribution in [-0.4, -0.2) is 18.2 Å². The largest absolute Gasteiger partial charge is 0.416 e. The molecule has 0 saturated carbocycles. The van der Waals surface area contributed by atoms with Crippen LogP contribution in [0, 0.1) is 0 Å². The molecule has 0 fully saturated rings. The fourth-order valence-corrected chi connectivity index (χ4v) is 1.77. The zero-order valence-electron chi connectivity index (χ0n) is 12.2. The van der Waals surface area contributed by atoms with Crippen molar-refractivity contribution in [2.45, 2.75) is 19.3 Å². The second kappa shape index (κ2) is 8.75. The van der Waals surface area contributed by atoms with E-state index in [0.29, 0.717) is 23.8 Å². The number of aliphatic imine (C=N–C) groups is 1. The molecule has 0 aliphatic rings. The molecule has 1 heterocycles. The van der Waals surface area contributed by atoms with Crippen molar-refractivity contribution >= 4 is 29.9 Å². The van der Waals surface area contributed by atoms with E-state index >= 15 is 0 Å². The Hall–Kier alpha value is -1.78. The Morgan fingerprint density at radius 1 is 1.22 bits per heavy atom. The first kappa shape index (κ1) is 19.3. The average molecular weight is 440 g/mol. The van der Waals surface area contributed by atoms with Crippen molar-refractivity contribution < 1.29 is 17.7 Å². The molecule has 0 radical (unpaired) electrons. The van der Waals surface area contributed by atoms with Crippen LogP contribution in [-0.2, 0) is 19.3 Å². The molecule has 0 atom stereocenters. The molecular formula is C14H16F3IN4O. The summed E-state index contributed by atoms with van der Waals surface area (Å²) in [5, 5.41) is 9.66. The van der Waals surface area contributed by atoms with E-state index in [4.69, 9.17) is 4.52 Å². The van der Waals surface area contributed by atoms with Gasteiger partial charge in [0.05, 0.1) is 12.1 Å². The van der Waals surface area contributed by atoms with Gasteiger partial charge < -0.3 is 15.2 Å². The summed E-state index contributed by atoms with van der Waals surface area (Å²) >= 11 is 0. The van der Waals surface area contributed by atoms with Gasteiger partial charge in [-0.3, -0.25) is 4.99 Å². The van der Waals surface area contributed by atoms with Gasteiger partial charge in [0.15, 0.2) is 5.96 Å². The van der Waals surface area contributed by atoms with E-state index in [1.165, 1.54) is 12.3 Å². The summed E-state index contributed by atoms with van der Waals surface area (Å²) in [5.74, 6) is 0.459. The minimum Gasteiger partial charge on any atom is -0.364 e. The number of aromatic nitrogens is 1. The number of alkyl halides is 3. The summed E-state index contributed by atoms with van der Waals surface area (Å²) in [6, 6.07) is 6.85. The predicted octanol–water partition coefficient (Wildman–Crippen LogP) is 3.18. The van der Waals surface area contributed by atoms with Gasteiger partial charge in [0.2, 0.25) is 0 Å². The Labute approximate surface area is 148 Å². The second-order valence-electron chi connectivity index (χ2n) is 4.47. The lowest BCUT2D eigenvalue weighted by Crippen LogP contribution is -2.36. The molecule has 9 heteroatoms. The lowest BCUT2D eigenvalue weighted by atomic mass is 10.1. The van der Waals surface area contributed by atoms with Crippen molar-refractivity contribution in [3.05, 3.63) is 53.4 Å². The molecule has 2 rings (SSSR count). The Morgan fingerprint density at radius 3 is 2.57 bits per heavy atom. The fraction of sp³-hybridized carbons (Fsp3) is 0.286. The van der Waals surface area contributed by atoms with Crippen molar-refractivity contribution in [2.75, 3.05) is 7.05 Å². The molecule has 0 aliphatic carbocycles. The van der Waals surface area contributed by atoms with Crippen LogP contribution in [0.15, 0.2) is 46.1 Å². The highest BCUT2D eigenvalue weighted by Gasteiger charge is 2.30. The number of rotatable bonds is 4. The molecule has 2 aromatic rings. The molecule has 0 spiro atoms. The summed E-state index contributed by atoms with van der Waals surface area (Å²) in [6.07, 6.45) is -2.89.